The van der Waals surface area contributed by atoms with Gasteiger partial charge < -0.3 is 15.6 Å². The Labute approximate surface area is 122 Å². The maximum Gasteiger partial charge on any atom is 0.273 e. The molecule has 1 aliphatic rings. The highest BCUT2D eigenvalue weighted by Crippen LogP contribution is 2.23. The normalized spacial score (nSPS) is 14.6. The van der Waals surface area contributed by atoms with Gasteiger partial charge in [-0.1, -0.05) is 0 Å². The predicted molar refractivity (Wildman–Crippen MR) is 79.8 cm³/mol. The number of nitro benzene ring substituents is 1. The molecule has 0 bridgehead atoms. The molecule has 2 rings (SSSR count). The van der Waals surface area contributed by atoms with E-state index in [1.807, 2.05) is 4.90 Å². The van der Waals surface area contributed by atoms with Crippen LogP contribution in [0.2, 0.25) is 0 Å². The lowest BCUT2D eigenvalue weighted by molar-refractivity contribution is -0.384. The molecule has 1 aromatic carbocycles. The third-order valence-electron chi connectivity index (χ3n) is 3.45. The zero-order valence-electron chi connectivity index (χ0n) is 11.7. The molecule has 0 aliphatic carbocycles. The number of nitro groups is 1. The van der Waals surface area contributed by atoms with Crippen molar-refractivity contribution >= 4 is 23.0 Å². The number of piperidine rings is 1. The lowest BCUT2D eigenvalue weighted by Gasteiger charge is -2.26. The van der Waals surface area contributed by atoms with E-state index in [0.717, 1.165) is 32.4 Å². The number of nitrogen functional groups attached to an aromatic ring is 1. The van der Waals surface area contributed by atoms with Crippen molar-refractivity contribution in [2.75, 3.05) is 30.4 Å². The molecule has 0 aromatic heterocycles. The van der Waals surface area contributed by atoms with E-state index in [1.54, 1.807) is 6.07 Å². The molecule has 0 saturated carbocycles. The first kappa shape index (κ1) is 15.0. The number of nitrogens with one attached hydrogen (secondary N) is 2. The smallest absolute Gasteiger partial charge is 0.273 e. The minimum Gasteiger partial charge on any atom is -0.376 e. The summed E-state index contributed by atoms with van der Waals surface area (Å²) >= 11 is 0. The maximum atomic E-state index is 12.0. The number of hydrogen-bond acceptors (Lipinski definition) is 6. The number of non-ortho nitro benzene ring substituents is 1. The molecular formula is C13H19N5O3. The van der Waals surface area contributed by atoms with Gasteiger partial charge in [0.05, 0.1) is 17.2 Å². The SMILES string of the molecule is NNc1cc(NCC(=O)N2CCCCC2)cc([N+](=O)[O-])c1. The zero-order chi connectivity index (χ0) is 15.2. The largest absolute Gasteiger partial charge is 0.376 e. The molecule has 8 nitrogen and oxygen atoms in total. The molecule has 0 unspecified atom stereocenters. The number of hydrogen-bond donors (Lipinski definition) is 3. The molecular weight excluding hydrogens is 274 g/mol. The quantitative estimate of drug-likeness (QED) is 0.428. The number of benzene rings is 1. The summed E-state index contributed by atoms with van der Waals surface area (Å²) in [5.41, 5.74) is 3.19. The number of likely N-dealkylation sites (tertiary alicyclic amines) is 1. The maximum absolute atomic E-state index is 12.0. The number of carbonyl (C=O) groups is 1. The number of nitrogens with zero attached hydrogens (tertiary/aromatic N) is 2. The van der Waals surface area contributed by atoms with E-state index in [4.69, 9.17) is 5.84 Å². The molecule has 21 heavy (non-hydrogen) atoms. The monoisotopic (exact) mass is 293 g/mol. The van der Waals surface area contributed by atoms with Crippen molar-refractivity contribution in [3.05, 3.63) is 28.3 Å². The number of anilines is 2. The number of rotatable bonds is 5. The van der Waals surface area contributed by atoms with Gasteiger partial charge in [-0.2, -0.15) is 0 Å². The molecule has 1 saturated heterocycles. The van der Waals surface area contributed by atoms with Gasteiger partial charge in [0, 0.05) is 30.9 Å². The standard InChI is InChI=1S/C13H19N5O3/c14-16-11-6-10(7-12(8-11)18(20)21)15-9-13(19)17-4-2-1-3-5-17/h6-8,15-16H,1-5,9,14H2. The van der Waals surface area contributed by atoms with Crippen molar-refractivity contribution < 1.29 is 9.72 Å². The molecule has 0 spiro atoms. The topological polar surface area (TPSA) is 114 Å². The van der Waals surface area contributed by atoms with Gasteiger partial charge in [-0.15, -0.1) is 0 Å². The second kappa shape index (κ2) is 6.89. The van der Waals surface area contributed by atoms with Crippen molar-refractivity contribution in [2.45, 2.75) is 19.3 Å². The Bertz CT molecular complexity index is 529. The molecule has 1 heterocycles. The zero-order valence-corrected chi connectivity index (χ0v) is 11.7. The van der Waals surface area contributed by atoms with E-state index < -0.39 is 4.92 Å². The third kappa shape index (κ3) is 4.06. The summed E-state index contributed by atoms with van der Waals surface area (Å²) in [5, 5.41) is 13.8. The van der Waals surface area contributed by atoms with Gasteiger partial charge in [0.25, 0.3) is 5.69 Å². The van der Waals surface area contributed by atoms with Crippen LogP contribution in [0.25, 0.3) is 0 Å². The van der Waals surface area contributed by atoms with Gasteiger partial charge in [0.2, 0.25) is 5.91 Å². The number of nitrogens with two attached hydrogens (primary N) is 1. The Morgan fingerprint density at radius 1 is 1.24 bits per heavy atom. The predicted octanol–water partition coefficient (Wildman–Crippen LogP) is 1.30. The molecule has 4 N–H and O–H groups in total. The number of carbonyl (C=O) groups excluding carboxylic acids is 1. The summed E-state index contributed by atoms with van der Waals surface area (Å²) < 4.78 is 0. The van der Waals surface area contributed by atoms with Gasteiger partial charge in [0.1, 0.15) is 0 Å². The molecule has 0 atom stereocenters. The van der Waals surface area contributed by atoms with E-state index in [-0.39, 0.29) is 18.1 Å². The van der Waals surface area contributed by atoms with Crippen molar-refractivity contribution in [1.82, 2.24) is 4.90 Å². The summed E-state index contributed by atoms with van der Waals surface area (Å²) in [6.45, 7) is 1.68. The first-order valence-electron chi connectivity index (χ1n) is 6.88. The number of amides is 1. The van der Waals surface area contributed by atoms with Gasteiger partial charge in [-0.05, 0) is 25.3 Å². The van der Waals surface area contributed by atoms with Crippen molar-refractivity contribution in [3.63, 3.8) is 0 Å². The Kier molecular flexibility index (Phi) is 4.94. The fourth-order valence-electron chi connectivity index (χ4n) is 2.33. The molecule has 1 aromatic rings. The highest BCUT2D eigenvalue weighted by Gasteiger charge is 2.16. The van der Waals surface area contributed by atoms with Crippen LogP contribution in [0.1, 0.15) is 19.3 Å². The van der Waals surface area contributed by atoms with Crippen LogP contribution in [-0.4, -0.2) is 35.4 Å². The molecule has 0 radical (unpaired) electrons. The van der Waals surface area contributed by atoms with Crippen LogP contribution in [0.5, 0.6) is 0 Å². The van der Waals surface area contributed by atoms with Crippen LogP contribution >= 0.6 is 0 Å². The van der Waals surface area contributed by atoms with Gasteiger partial charge in [0.15, 0.2) is 0 Å². The van der Waals surface area contributed by atoms with Crippen LogP contribution in [0, 0.1) is 10.1 Å². The highest BCUT2D eigenvalue weighted by atomic mass is 16.6. The van der Waals surface area contributed by atoms with Crippen LogP contribution in [0.4, 0.5) is 17.1 Å². The fraction of sp³-hybridized carbons (Fsp3) is 0.462. The Morgan fingerprint density at radius 3 is 2.52 bits per heavy atom. The van der Waals surface area contributed by atoms with Crippen LogP contribution in [0.3, 0.4) is 0 Å². The molecule has 1 fully saturated rings. The van der Waals surface area contributed by atoms with E-state index in [0.29, 0.717) is 11.4 Å². The van der Waals surface area contributed by atoms with Crippen molar-refractivity contribution in [3.8, 4) is 0 Å². The molecule has 114 valence electrons. The molecule has 8 heteroatoms. The summed E-state index contributed by atoms with van der Waals surface area (Å²) in [7, 11) is 0. The lowest BCUT2D eigenvalue weighted by atomic mass is 10.1. The minimum atomic E-state index is -0.502. The summed E-state index contributed by atoms with van der Waals surface area (Å²) in [4.78, 5) is 24.2. The number of hydrazine groups is 1. The second-order valence-electron chi connectivity index (χ2n) is 4.97. The second-order valence-corrected chi connectivity index (χ2v) is 4.97. The first-order chi connectivity index (χ1) is 10.1. The third-order valence-corrected chi connectivity index (χ3v) is 3.45. The van der Waals surface area contributed by atoms with E-state index >= 15 is 0 Å². The Balaban J connectivity index is 2.00. The Morgan fingerprint density at radius 2 is 1.90 bits per heavy atom. The lowest BCUT2D eigenvalue weighted by Crippen LogP contribution is -2.39. The Hall–Kier alpha value is -2.35. The van der Waals surface area contributed by atoms with Crippen molar-refractivity contribution in [2.24, 2.45) is 5.84 Å². The average molecular weight is 293 g/mol. The van der Waals surface area contributed by atoms with Crippen molar-refractivity contribution in [1.29, 1.82) is 0 Å². The summed E-state index contributed by atoms with van der Waals surface area (Å²) in [6.07, 6.45) is 3.22. The van der Waals surface area contributed by atoms with Gasteiger partial charge >= 0.3 is 0 Å². The average Bonchev–Trinajstić information content (AvgIpc) is 2.53. The molecule has 1 aliphatic heterocycles. The van der Waals surface area contributed by atoms with Crippen LogP contribution in [-0.2, 0) is 4.79 Å². The highest BCUT2D eigenvalue weighted by molar-refractivity contribution is 5.81. The summed E-state index contributed by atoms with van der Waals surface area (Å²) in [5.74, 6) is 5.29. The van der Waals surface area contributed by atoms with Gasteiger partial charge in [-0.25, -0.2) is 0 Å². The van der Waals surface area contributed by atoms with Gasteiger partial charge in [-0.3, -0.25) is 20.8 Å². The van der Waals surface area contributed by atoms with E-state index in [2.05, 4.69) is 10.7 Å². The van der Waals surface area contributed by atoms with Crippen LogP contribution < -0.4 is 16.6 Å². The summed E-state index contributed by atoms with van der Waals surface area (Å²) in [6, 6.07) is 4.33. The fourth-order valence-corrected chi connectivity index (χ4v) is 2.33. The van der Waals surface area contributed by atoms with E-state index in [9.17, 15) is 14.9 Å². The first-order valence-corrected chi connectivity index (χ1v) is 6.88. The minimum absolute atomic E-state index is 0.00321. The van der Waals surface area contributed by atoms with E-state index in [1.165, 1.54) is 12.1 Å². The van der Waals surface area contributed by atoms with Crippen LogP contribution in [0.15, 0.2) is 18.2 Å². The molecule has 1 amide bonds.